The zero-order chi connectivity index (χ0) is 29.3. The van der Waals surface area contributed by atoms with Crippen LogP contribution in [0.3, 0.4) is 0 Å². The second-order valence-electron chi connectivity index (χ2n) is 12.4. The van der Waals surface area contributed by atoms with Crippen molar-refractivity contribution >= 4 is 19.2 Å². The van der Waals surface area contributed by atoms with Crippen molar-refractivity contribution in [2.24, 2.45) is 5.92 Å². The number of pyridine rings is 2. The lowest BCUT2D eigenvalue weighted by Crippen LogP contribution is -2.69. The lowest BCUT2D eigenvalue weighted by Gasteiger charge is -2.57. The quantitative estimate of drug-likeness (QED) is 0.236. The molecular formula is C34H43BN6. The third kappa shape index (κ3) is 5.90. The van der Waals surface area contributed by atoms with E-state index in [1.54, 1.807) is 6.20 Å². The highest BCUT2D eigenvalue weighted by Gasteiger charge is 2.44. The van der Waals surface area contributed by atoms with Crippen LogP contribution >= 0.6 is 0 Å². The van der Waals surface area contributed by atoms with Crippen LogP contribution in [0.5, 0.6) is 0 Å². The minimum absolute atomic E-state index is 0.540. The second kappa shape index (κ2) is 12.1. The molecule has 0 aliphatic carbocycles. The lowest BCUT2D eigenvalue weighted by molar-refractivity contribution is 0.00883. The number of aromatic nitrogens is 3. The van der Waals surface area contributed by atoms with Crippen molar-refractivity contribution in [3.8, 4) is 17.2 Å². The molecule has 2 bridgehead atoms. The van der Waals surface area contributed by atoms with Gasteiger partial charge < -0.3 is 4.90 Å². The number of nitrogens with zero attached hydrogens (tertiary/aromatic N) is 6. The van der Waals surface area contributed by atoms with Gasteiger partial charge in [-0.3, -0.25) is 4.90 Å². The molecule has 3 fully saturated rings. The maximum Gasteiger partial charge on any atom is 0.139 e. The molecule has 2 atom stereocenters. The van der Waals surface area contributed by atoms with E-state index in [9.17, 15) is 5.26 Å². The van der Waals surface area contributed by atoms with Gasteiger partial charge in [-0.05, 0) is 74.3 Å². The van der Waals surface area contributed by atoms with Gasteiger partial charge in [0.15, 0.2) is 0 Å². The Morgan fingerprint density at radius 2 is 1.98 bits per heavy atom. The molecule has 0 saturated carbocycles. The molecule has 6 heterocycles. The summed E-state index contributed by atoms with van der Waals surface area (Å²) in [5.41, 5.74) is 10.1. The first kappa shape index (κ1) is 28.9. The molecule has 2 unspecified atom stereocenters. The van der Waals surface area contributed by atoms with Crippen molar-refractivity contribution < 1.29 is 0 Å². The average molecular weight is 547 g/mol. The lowest BCUT2D eigenvalue weighted by atomic mass is 9.85. The second-order valence-corrected chi connectivity index (χ2v) is 12.4. The van der Waals surface area contributed by atoms with Gasteiger partial charge in [0, 0.05) is 55.2 Å². The molecule has 41 heavy (non-hydrogen) atoms. The SMILES string of the molecule is BC(/C=C(\C=C)CN1C2CC1CN(c1cc(C)c(-c3cc(CCC(C)C)cn4ncc(C#N)c34)cn1)C2)=C(/C)CC. The predicted molar refractivity (Wildman–Crippen MR) is 172 cm³/mol. The smallest absolute Gasteiger partial charge is 0.139 e. The van der Waals surface area contributed by atoms with Crippen LogP contribution in [0.4, 0.5) is 5.82 Å². The van der Waals surface area contributed by atoms with Crippen LogP contribution in [0.15, 0.2) is 66.1 Å². The Hall–Kier alpha value is -3.63. The summed E-state index contributed by atoms with van der Waals surface area (Å²) in [7, 11) is 2.21. The third-order valence-electron chi connectivity index (χ3n) is 9.09. The van der Waals surface area contributed by atoms with Crippen LogP contribution in [0.1, 0.15) is 63.6 Å². The Balaban J connectivity index is 1.36. The zero-order valence-corrected chi connectivity index (χ0v) is 25.6. The van der Waals surface area contributed by atoms with Crippen LogP contribution in [-0.4, -0.2) is 59.1 Å². The molecule has 7 heteroatoms. The van der Waals surface area contributed by atoms with Gasteiger partial charge >= 0.3 is 0 Å². The maximum absolute atomic E-state index is 9.78. The molecule has 0 N–H and O–H groups in total. The number of hydrogen-bond acceptors (Lipinski definition) is 5. The minimum Gasteiger partial charge on any atom is -0.353 e. The first-order valence-corrected chi connectivity index (χ1v) is 15.1. The maximum atomic E-state index is 9.78. The van der Waals surface area contributed by atoms with Gasteiger partial charge in [-0.1, -0.05) is 50.5 Å². The molecule has 6 nitrogen and oxygen atoms in total. The predicted octanol–water partition coefficient (Wildman–Crippen LogP) is 5.86. The first-order chi connectivity index (χ1) is 19.7. The van der Waals surface area contributed by atoms with Gasteiger partial charge in [0.2, 0.25) is 0 Å². The number of rotatable bonds is 10. The van der Waals surface area contributed by atoms with E-state index in [4.69, 9.17) is 4.98 Å². The van der Waals surface area contributed by atoms with Crippen LogP contribution in [0, 0.1) is 24.2 Å². The molecule has 0 amide bonds. The Morgan fingerprint density at radius 3 is 2.61 bits per heavy atom. The summed E-state index contributed by atoms with van der Waals surface area (Å²) >= 11 is 0. The highest BCUT2D eigenvalue weighted by molar-refractivity contribution is 6.24. The van der Waals surface area contributed by atoms with Gasteiger partial charge in [-0.15, -0.1) is 0 Å². The highest BCUT2D eigenvalue weighted by atomic mass is 15.4. The van der Waals surface area contributed by atoms with Crippen LogP contribution in [0.2, 0.25) is 0 Å². The zero-order valence-electron chi connectivity index (χ0n) is 25.6. The Kier molecular flexibility index (Phi) is 8.51. The van der Waals surface area contributed by atoms with E-state index in [2.05, 4.69) is 94.4 Å². The van der Waals surface area contributed by atoms with Gasteiger partial charge in [0.05, 0.1) is 17.3 Å². The van der Waals surface area contributed by atoms with Crippen molar-refractivity contribution in [2.45, 2.75) is 72.4 Å². The number of allylic oxidation sites excluding steroid dienone is 3. The van der Waals surface area contributed by atoms with E-state index in [1.165, 1.54) is 34.2 Å². The molecule has 212 valence electrons. The molecule has 3 aromatic heterocycles. The molecule has 3 aliphatic heterocycles. The summed E-state index contributed by atoms with van der Waals surface area (Å²) in [5, 5.41) is 14.3. The number of piperidine rings is 1. The average Bonchev–Trinajstić information content (AvgIpc) is 3.40. The van der Waals surface area contributed by atoms with Gasteiger partial charge in [0.25, 0.3) is 0 Å². The van der Waals surface area contributed by atoms with E-state index >= 15 is 0 Å². The van der Waals surface area contributed by atoms with Gasteiger partial charge in [-0.2, -0.15) is 10.4 Å². The highest BCUT2D eigenvalue weighted by Crippen LogP contribution is 2.37. The number of aryl methyl sites for hydroxylation is 2. The molecule has 0 radical (unpaired) electrons. The number of hydrogen-bond donors (Lipinski definition) is 0. The topological polar surface area (TPSA) is 60.5 Å². The molecule has 6 rings (SSSR count). The summed E-state index contributed by atoms with van der Waals surface area (Å²) in [5.74, 6) is 1.67. The molecule has 3 aliphatic rings. The molecule has 3 aromatic rings. The fourth-order valence-electron chi connectivity index (χ4n) is 6.24. The van der Waals surface area contributed by atoms with Crippen molar-refractivity contribution in [1.82, 2.24) is 19.5 Å². The normalized spacial score (nSPS) is 19.7. The Morgan fingerprint density at radius 1 is 1.22 bits per heavy atom. The summed E-state index contributed by atoms with van der Waals surface area (Å²) in [6.45, 7) is 18.1. The number of anilines is 1. The number of piperazine rings is 1. The molecular weight excluding hydrogens is 503 g/mol. The van der Waals surface area contributed by atoms with Crippen LogP contribution < -0.4 is 4.90 Å². The molecule has 0 aromatic carbocycles. The summed E-state index contributed by atoms with van der Waals surface area (Å²) < 4.78 is 1.87. The summed E-state index contributed by atoms with van der Waals surface area (Å²) in [6.07, 6.45) is 14.5. The van der Waals surface area contributed by atoms with Gasteiger partial charge in [-0.25, -0.2) is 9.50 Å². The standard InChI is InChI=1S/C34H43BN6/c1-7-23(5)32(35)13-25(8-2)18-40-28-14-29(40)21-39(20-28)33-11-24(6)31(17-37-33)30-12-26(10-9-22(3)4)19-41-34(30)27(15-36)16-38-41/h8,11-13,16-17,19,22,28-29H,2,7,9-10,14,18,20-21,35H2,1,3-6H3/b25-13+,32-23-. The van der Waals surface area contributed by atoms with Crippen LogP contribution in [0.25, 0.3) is 16.6 Å². The van der Waals surface area contributed by atoms with E-state index in [1.807, 2.05) is 16.8 Å². The fourth-order valence-corrected chi connectivity index (χ4v) is 6.24. The van der Waals surface area contributed by atoms with E-state index in [-0.39, 0.29) is 0 Å². The van der Waals surface area contributed by atoms with E-state index in [0.29, 0.717) is 23.6 Å². The van der Waals surface area contributed by atoms with Gasteiger partial charge in [0.1, 0.15) is 19.7 Å². The van der Waals surface area contributed by atoms with Crippen molar-refractivity contribution in [3.63, 3.8) is 0 Å². The van der Waals surface area contributed by atoms with E-state index < -0.39 is 0 Å². The van der Waals surface area contributed by atoms with Crippen molar-refractivity contribution in [2.75, 3.05) is 24.5 Å². The van der Waals surface area contributed by atoms with Crippen molar-refractivity contribution in [3.05, 3.63) is 82.8 Å². The monoisotopic (exact) mass is 546 g/mol. The number of fused-ring (bicyclic) bond motifs is 3. The Bertz CT molecular complexity index is 1540. The Labute approximate surface area is 246 Å². The summed E-state index contributed by atoms with van der Waals surface area (Å²) in [6, 6.07) is 7.87. The van der Waals surface area contributed by atoms with Crippen molar-refractivity contribution in [1.29, 1.82) is 5.26 Å². The van der Waals surface area contributed by atoms with Crippen LogP contribution in [-0.2, 0) is 6.42 Å². The largest absolute Gasteiger partial charge is 0.353 e. The third-order valence-corrected chi connectivity index (χ3v) is 9.09. The molecule has 0 spiro atoms. The minimum atomic E-state index is 0.540. The summed E-state index contributed by atoms with van der Waals surface area (Å²) in [4.78, 5) is 10.1. The van der Waals surface area contributed by atoms with E-state index in [0.717, 1.165) is 61.4 Å². The fraction of sp³-hybridized carbons (Fsp3) is 0.441. The molecule has 3 saturated heterocycles. The first-order valence-electron chi connectivity index (χ1n) is 15.1. The number of nitriles is 1.